The topological polar surface area (TPSA) is 74.8 Å². The van der Waals surface area contributed by atoms with Crippen molar-refractivity contribution in [2.24, 2.45) is 0 Å². The fourth-order valence-electron chi connectivity index (χ4n) is 1.58. The summed E-state index contributed by atoms with van der Waals surface area (Å²) in [6, 6.07) is -0.105. The van der Waals surface area contributed by atoms with Gasteiger partial charge in [-0.3, -0.25) is 0 Å². The number of nitrogens with zero attached hydrogens (tertiary/aromatic N) is 1. The van der Waals surface area contributed by atoms with E-state index in [-0.39, 0.29) is 6.04 Å². The molecule has 0 aliphatic carbocycles. The number of nitrogens with one attached hydrogen (secondary N) is 2. The first kappa shape index (κ1) is 13.2. The average Bonchev–Trinajstić information content (AvgIpc) is 2.67. The SMILES string of the molecule is CCNC(Cc1ncc[nH]1)C(C)S(C)(=O)=O. The average molecular weight is 245 g/mol. The van der Waals surface area contributed by atoms with Crippen molar-refractivity contribution in [2.45, 2.75) is 31.6 Å². The number of aromatic nitrogens is 2. The summed E-state index contributed by atoms with van der Waals surface area (Å²) < 4.78 is 23.0. The normalized spacial score (nSPS) is 15.9. The summed E-state index contributed by atoms with van der Waals surface area (Å²) in [6.07, 6.45) is 5.27. The summed E-state index contributed by atoms with van der Waals surface area (Å²) in [6.45, 7) is 4.43. The molecule has 0 radical (unpaired) electrons. The van der Waals surface area contributed by atoms with Crippen molar-refractivity contribution in [3.8, 4) is 0 Å². The lowest BCUT2D eigenvalue weighted by molar-refractivity contribution is 0.487. The lowest BCUT2D eigenvalue weighted by Gasteiger charge is -2.22. The molecule has 0 bridgehead atoms. The number of likely N-dealkylation sites (N-methyl/N-ethyl adjacent to an activating group) is 1. The summed E-state index contributed by atoms with van der Waals surface area (Å²) in [5.74, 6) is 0.807. The van der Waals surface area contributed by atoms with Gasteiger partial charge < -0.3 is 10.3 Å². The second-order valence-corrected chi connectivity index (χ2v) is 6.34. The zero-order valence-electron chi connectivity index (χ0n) is 9.90. The maximum atomic E-state index is 11.5. The third kappa shape index (κ3) is 3.61. The summed E-state index contributed by atoms with van der Waals surface area (Å²) in [4.78, 5) is 7.10. The first-order valence-corrected chi connectivity index (χ1v) is 7.31. The van der Waals surface area contributed by atoms with Gasteiger partial charge in [-0.2, -0.15) is 0 Å². The number of H-pyrrole nitrogens is 1. The third-order valence-electron chi connectivity index (χ3n) is 2.68. The van der Waals surface area contributed by atoms with Crippen molar-refractivity contribution >= 4 is 9.84 Å². The minimum Gasteiger partial charge on any atom is -0.349 e. The number of rotatable bonds is 6. The van der Waals surface area contributed by atoms with Crippen LogP contribution in [0, 0.1) is 0 Å². The standard InChI is InChI=1S/C10H19N3O2S/c1-4-11-9(8(2)16(3,14)15)7-10-12-5-6-13-10/h5-6,8-9,11H,4,7H2,1-3H3,(H,12,13). The van der Waals surface area contributed by atoms with Crippen molar-refractivity contribution in [1.29, 1.82) is 0 Å². The molecular weight excluding hydrogens is 226 g/mol. The molecule has 5 nitrogen and oxygen atoms in total. The molecular formula is C10H19N3O2S. The Balaban J connectivity index is 2.75. The molecule has 0 fully saturated rings. The first-order valence-electron chi connectivity index (χ1n) is 5.35. The Morgan fingerprint density at radius 1 is 1.56 bits per heavy atom. The molecule has 0 aromatic carbocycles. The molecule has 2 N–H and O–H groups in total. The van der Waals surface area contributed by atoms with Crippen molar-refractivity contribution in [3.05, 3.63) is 18.2 Å². The van der Waals surface area contributed by atoms with E-state index < -0.39 is 15.1 Å². The molecule has 0 saturated heterocycles. The molecule has 0 amide bonds. The Kier molecular flexibility index (Phi) is 4.49. The van der Waals surface area contributed by atoms with Crippen molar-refractivity contribution in [2.75, 3.05) is 12.8 Å². The molecule has 1 heterocycles. The van der Waals surface area contributed by atoms with E-state index in [1.54, 1.807) is 19.3 Å². The van der Waals surface area contributed by atoms with Gasteiger partial charge in [0.2, 0.25) is 0 Å². The molecule has 0 aliphatic heterocycles. The van der Waals surface area contributed by atoms with E-state index in [0.29, 0.717) is 6.42 Å². The van der Waals surface area contributed by atoms with Crippen molar-refractivity contribution in [3.63, 3.8) is 0 Å². The lowest BCUT2D eigenvalue weighted by Crippen LogP contribution is -2.43. The van der Waals surface area contributed by atoms with Crippen molar-refractivity contribution < 1.29 is 8.42 Å². The van der Waals surface area contributed by atoms with Crippen LogP contribution in [0.2, 0.25) is 0 Å². The molecule has 0 aliphatic rings. The zero-order valence-corrected chi connectivity index (χ0v) is 10.7. The smallest absolute Gasteiger partial charge is 0.151 e. The Morgan fingerprint density at radius 3 is 2.69 bits per heavy atom. The van der Waals surface area contributed by atoms with Gasteiger partial charge in [0.05, 0.1) is 5.25 Å². The predicted octanol–water partition coefficient (Wildman–Crippen LogP) is 0.363. The van der Waals surface area contributed by atoms with E-state index >= 15 is 0 Å². The fraction of sp³-hybridized carbons (Fsp3) is 0.700. The van der Waals surface area contributed by atoms with Gasteiger partial charge in [-0.25, -0.2) is 13.4 Å². The minimum absolute atomic E-state index is 0.105. The number of imidazole rings is 1. The molecule has 92 valence electrons. The number of aromatic amines is 1. The molecule has 0 saturated carbocycles. The fourth-order valence-corrected chi connectivity index (χ4v) is 2.37. The number of hydrogen-bond donors (Lipinski definition) is 2. The van der Waals surface area contributed by atoms with Crippen LogP contribution in [0.1, 0.15) is 19.7 Å². The Morgan fingerprint density at radius 2 is 2.25 bits per heavy atom. The maximum Gasteiger partial charge on any atom is 0.151 e. The van der Waals surface area contributed by atoms with E-state index in [9.17, 15) is 8.42 Å². The second-order valence-electron chi connectivity index (χ2n) is 3.94. The van der Waals surface area contributed by atoms with E-state index in [2.05, 4.69) is 15.3 Å². The van der Waals surface area contributed by atoms with Gasteiger partial charge in [-0.15, -0.1) is 0 Å². The van der Waals surface area contributed by atoms with Crippen LogP contribution in [-0.4, -0.2) is 42.5 Å². The molecule has 1 aromatic heterocycles. The quantitative estimate of drug-likeness (QED) is 0.759. The van der Waals surface area contributed by atoms with Gasteiger partial charge in [-0.05, 0) is 13.5 Å². The van der Waals surface area contributed by atoms with Crippen LogP contribution in [0.3, 0.4) is 0 Å². The predicted molar refractivity (Wildman–Crippen MR) is 64.1 cm³/mol. The van der Waals surface area contributed by atoms with Crippen molar-refractivity contribution in [1.82, 2.24) is 15.3 Å². The van der Waals surface area contributed by atoms with Crippen LogP contribution in [0.5, 0.6) is 0 Å². The van der Waals surface area contributed by atoms with E-state index in [4.69, 9.17) is 0 Å². The molecule has 0 spiro atoms. The van der Waals surface area contributed by atoms with Crippen LogP contribution in [0.4, 0.5) is 0 Å². The summed E-state index contributed by atoms with van der Waals surface area (Å²) in [7, 11) is -3.03. The highest BCUT2D eigenvalue weighted by Gasteiger charge is 2.25. The largest absolute Gasteiger partial charge is 0.349 e. The van der Waals surface area contributed by atoms with Crippen LogP contribution in [0.15, 0.2) is 12.4 Å². The first-order chi connectivity index (χ1) is 7.45. The monoisotopic (exact) mass is 245 g/mol. The maximum absolute atomic E-state index is 11.5. The number of hydrogen-bond acceptors (Lipinski definition) is 4. The van der Waals surface area contributed by atoms with Gasteiger partial charge in [0.25, 0.3) is 0 Å². The van der Waals surface area contributed by atoms with Crippen LogP contribution < -0.4 is 5.32 Å². The highest BCUT2D eigenvalue weighted by molar-refractivity contribution is 7.91. The zero-order chi connectivity index (χ0) is 12.2. The van der Waals surface area contributed by atoms with Gasteiger partial charge in [0, 0.05) is 31.1 Å². The van der Waals surface area contributed by atoms with Gasteiger partial charge in [-0.1, -0.05) is 6.92 Å². The lowest BCUT2D eigenvalue weighted by atomic mass is 10.1. The van der Waals surface area contributed by atoms with E-state index in [1.807, 2.05) is 6.92 Å². The number of sulfone groups is 1. The summed E-state index contributed by atoms with van der Waals surface area (Å²) >= 11 is 0. The Labute approximate surface area is 96.6 Å². The molecule has 1 aromatic rings. The van der Waals surface area contributed by atoms with Crippen LogP contribution >= 0.6 is 0 Å². The molecule has 2 atom stereocenters. The van der Waals surface area contributed by atoms with E-state index in [0.717, 1.165) is 12.4 Å². The van der Waals surface area contributed by atoms with Gasteiger partial charge in [0.1, 0.15) is 5.82 Å². The van der Waals surface area contributed by atoms with Gasteiger partial charge >= 0.3 is 0 Å². The minimum atomic E-state index is -3.03. The third-order valence-corrected chi connectivity index (χ3v) is 4.36. The summed E-state index contributed by atoms with van der Waals surface area (Å²) in [5, 5.41) is 2.77. The Hall–Kier alpha value is -0.880. The molecule has 6 heteroatoms. The highest BCUT2D eigenvalue weighted by Crippen LogP contribution is 2.08. The molecule has 2 unspecified atom stereocenters. The molecule has 1 rings (SSSR count). The molecule has 16 heavy (non-hydrogen) atoms. The summed E-state index contributed by atoms with van der Waals surface area (Å²) in [5.41, 5.74) is 0. The van der Waals surface area contributed by atoms with Gasteiger partial charge in [0.15, 0.2) is 9.84 Å². The highest BCUT2D eigenvalue weighted by atomic mass is 32.2. The Bertz CT molecular complexity index is 400. The second kappa shape index (κ2) is 5.45. The van der Waals surface area contributed by atoms with Crippen LogP contribution in [0.25, 0.3) is 0 Å². The van der Waals surface area contributed by atoms with Crippen LogP contribution in [-0.2, 0) is 16.3 Å². The van der Waals surface area contributed by atoms with E-state index in [1.165, 1.54) is 6.26 Å².